The van der Waals surface area contributed by atoms with Gasteiger partial charge in [0.15, 0.2) is 6.29 Å². The lowest BCUT2D eigenvalue weighted by molar-refractivity contribution is -0.248. The molecule has 1 fully saturated rings. The molecule has 1 aromatic carbocycles. The monoisotopic (exact) mass is 410 g/mol. The second-order valence-electron chi connectivity index (χ2n) is 9.65. The Balaban J connectivity index is 2.26. The maximum absolute atomic E-state index is 12.8. The normalized spacial score (nSPS) is 25.7. The van der Waals surface area contributed by atoms with Crippen LogP contribution in [0.3, 0.4) is 0 Å². The zero-order chi connectivity index (χ0) is 22.1. The molecule has 4 atom stereocenters. The van der Waals surface area contributed by atoms with Crippen LogP contribution in [0, 0.1) is 0 Å². The Morgan fingerprint density at radius 2 is 1.62 bits per heavy atom. The molecule has 3 N–H and O–H groups in total. The van der Waals surface area contributed by atoms with Gasteiger partial charge in [-0.25, -0.2) is 4.79 Å². The van der Waals surface area contributed by atoms with Crippen molar-refractivity contribution in [3.8, 4) is 5.75 Å². The first-order valence-corrected chi connectivity index (χ1v) is 9.85. The number of phenolic OH excluding ortho intramolecular Hbond substituents is 1. The van der Waals surface area contributed by atoms with Crippen molar-refractivity contribution in [1.82, 2.24) is 0 Å². The molecule has 0 amide bonds. The van der Waals surface area contributed by atoms with E-state index in [1.807, 2.05) is 41.5 Å². The van der Waals surface area contributed by atoms with E-state index in [-0.39, 0.29) is 29.6 Å². The van der Waals surface area contributed by atoms with Gasteiger partial charge in [-0.1, -0.05) is 41.5 Å². The Kier molecular flexibility index (Phi) is 7.00. The molecule has 2 rings (SSSR count). The standard InChI is InChI=1S/C22H34O7/c1-21(2,3)13-8-12(9-14(18(13)24)22(4,5)6)20(26)28-11-16-19(25)15(23)10-17(27-7)29-16/h8-9,15-17,19,23-25H,10-11H2,1-7H3. The van der Waals surface area contributed by atoms with Crippen LogP contribution in [0.5, 0.6) is 5.75 Å². The van der Waals surface area contributed by atoms with Gasteiger partial charge >= 0.3 is 5.97 Å². The van der Waals surface area contributed by atoms with Gasteiger partial charge in [-0.15, -0.1) is 0 Å². The number of hydrogen-bond acceptors (Lipinski definition) is 7. The minimum absolute atomic E-state index is 0.143. The van der Waals surface area contributed by atoms with Gasteiger partial charge in [0.1, 0.15) is 24.6 Å². The molecule has 1 saturated heterocycles. The van der Waals surface area contributed by atoms with Gasteiger partial charge in [0.05, 0.1) is 11.7 Å². The minimum Gasteiger partial charge on any atom is -0.507 e. The van der Waals surface area contributed by atoms with E-state index in [1.54, 1.807) is 12.1 Å². The fraction of sp³-hybridized carbons (Fsp3) is 0.682. The third-order valence-corrected chi connectivity index (χ3v) is 5.14. The molecule has 29 heavy (non-hydrogen) atoms. The summed E-state index contributed by atoms with van der Waals surface area (Å²) in [4.78, 5) is 12.8. The predicted octanol–water partition coefficient (Wildman–Crippen LogP) is 2.63. The molecule has 0 aromatic heterocycles. The van der Waals surface area contributed by atoms with E-state index in [0.29, 0.717) is 16.7 Å². The molecular formula is C22H34O7. The van der Waals surface area contributed by atoms with Crippen LogP contribution in [0.25, 0.3) is 0 Å². The number of aliphatic hydroxyl groups excluding tert-OH is 2. The molecule has 1 heterocycles. The molecule has 0 aliphatic carbocycles. The summed E-state index contributed by atoms with van der Waals surface area (Å²) in [7, 11) is 1.44. The van der Waals surface area contributed by atoms with Crippen LogP contribution in [0.2, 0.25) is 0 Å². The molecule has 7 heteroatoms. The highest BCUT2D eigenvalue weighted by atomic mass is 16.7. The average molecular weight is 411 g/mol. The fourth-order valence-electron chi connectivity index (χ4n) is 3.34. The molecule has 1 aliphatic rings. The Morgan fingerprint density at radius 3 is 2.07 bits per heavy atom. The highest BCUT2D eigenvalue weighted by molar-refractivity contribution is 5.90. The second-order valence-corrected chi connectivity index (χ2v) is 9.65. The summed E-state index contributed by atoms with van der Waals surface area (Å²) in [5, 5.41) is 30.8. The summed E-state index contributed by atoms with van der Waals surface area (Å²) in [6, 6.07) is 3.27. The number of aliphatic hydroxyl groups is 2. The van der Waals surface area contributed by atoms with E-state index in [4.69, 9.17) is 14.2 Å². The first-order valence-electron chi connectivity index (χ1n) is 9.85. The Bertz CT molecular complexity index is 695. The van der Waals surface area contributed by atoms with E-state index < -0.39 is 30.6 Å². The molecule has 0 bridgehead atoms. The van der Waals surface area contributed by atoms with Crippen LogP contribution >= 0.6 is 0 Å². The second kappa shape index (κ2) is 8.60. The summed E-state index contributed by atoms with van der Waals surface area (Å²) in [5.74, 6) is -0.413. The van der Waals surface area contributed by atoms with Crippen LogP contribution < -0.4 is 0 Å². The van der Waals surface area contributed by atoms with Gasteiger partial charge in [0.25, 0.3) is 0 Å². The average Bonchev–Trinajstić information content (AvgIpc) is 2.60. The lowest BCUT2D eigenvalue weighted by Gasteiger charge is -2.36. The van der Waals surface area contributed by atoms with Crippen molar-refractivity contribution in [2.75, 3.05) is 13.7 Å². The predicted molar refractivity (Wildman–Crippen MR) is 108 cm³/mol. The third kappa shape index (κ3) is 5.48. The number of esters is 1. The fourth-order valence-corrected chi connectivity index (χ4v) is 3.34. The number of benzene rings is 1. The van der Waals surface area contributed by atoms with Gasteiger partial charge < -0.3 is 29.5 Å². The van der Waals surface area contributed by atoms with Crippen LogP contribution in [0.15, 0.2) is 12.1 Å². The molecule has 0 saturated carbocycles. The van der Waals surface area contributed by atoms with Gasteiger partial charge in [0, 0.05) is 24.7 Å². The van der Waals surface area contributed by atoms with E-state index in [1.165, 1.54) is 7.11 Å². The zero-order valence-electron chi connectivity index (χ0n) is 18.4. The quantitative estimate of drug-likeness (QED) is 0.655. The van der Waals surface area contributed by atoms with Crippen molar-refractivity contribution in [3.63, 3.8) is 0 Å². The van der Waals surface area contributed by atoms with Crippen LogP contribution in [-0.2, 0) is 25.0 Å². The molecule has 4 unspecified atom stereocenters. The minimum atomic E-state index is -1.18. The number of aromatic hydroxyl groups is 1. The number of carbonyl (C=O) groups is 1. The smallest absolute Gasteiger partial charge is 0.338 e. The maximum Gasteiger partial charge on any atom is 0.338 e. The Morgan fingerprint density at radius 1 is 1.10 bits per heavy atom. The summed E-state index contributed by atoms with van der Waals surface area (Å²) in [5.41, 5.74) is 0.866. The molecule has 0 radical (unpaired) electrons. The van der Waals surface area contributed by atoms with Gasteiger partial charge in [-0.05, 0) is 23.0 Å². The van der Waals surface area contributed by atoms with Crippen molar-refractivity contribution in [2.45, 2.75) is 83.4 Å². The number of carbonyl (C=O) groups excluding carboxylic acids is 1. The lowest BCUT2D eigenvalue weighted by Crippen LogP contribution is -2.50. The van der Waals surface area contributed by atoms with Crippen molar-refractivity contribution in [2.24, 2.45) is 0 Å². The van der Waals surface area contributed by atoms with Crippen LogP contribution in [0.4, 0.5) is 0 Å². The molecule has 0 spiro atoms. The molecular weight excluding hydrogens is 376 g/mol. The number of ether oxygens (including phenoxy) is 3. The van der Waals surface area contributed by atoms with Crippen molar-refractivity contribution < 1.29 is 34.3 Å². The topological polar surface area (TPSA) is 105 Å². The summed E-state index contributed by atoms with van der Waals surface area (Å²) in [6.45, 7) is 11.5. The Labute approximate surface area is 172 Å². The molecule has 1 aliphatic heterocycles. The molecule has 1 aromatic rings. The molecule has 164 valence electrons. The van der Waals surface area contributed by atoms with E-state index in [0.717, 1.165) is 0 Å². The van der Waals surface area contributed by atoms with Crippen LogP contribution in [-0.4, -0.2) is 59.6 Å². The highest BCUT2D eigenvalue weighted by Gasteiger charge is 2.38. The van der Waals surface area contributed by atoms with Crippen molar-refractivity contribution >= 4 is 5.97 Å². The lowest BCUT2D eigenvalue weighted by atomic mass is 9.78. The first kappa shape index (κ1) is 23.6. The summed E-state index contributed by atoms with van der Waals surface area (Å²) >= 11 is 0. The Hall–Kier alpha value is -1.67. The van der Waals surface area contributed by atoms with Crippen molar-refractivity contribution in [1.29, 1.82) is 0 Å². The van der Waals surface area contributed by atoms with E-state index in [9.17, 15) is 20.1 Å². The largest absolute Gasteiger partial charge is 0.507 e. The molecule has 7 nitrogen and oxygen atoms in total. The van der Waals surface area contributed by atoms with Gasteiger partial charge in [-0.3, -0.25) is 0 Å². The number of phenols is 1. The summed E-state index contributed by atoms with van der Waals surface area (Å²) < 4.78 is 16.0. The third-order valence-electron chi connectivity index (χ3n) is 5.14. The van der Waals surface area contributed by atoms with E-state index >= 15 is 0 Å². The number of rotatable bonds is 4. The zero-order valence-corrected chi connectivity index (χ0v) is 18.4. The SMILES string of the molecule is COC1CC(O)C(O)C(COC(=O)c2cc(C(C)(C)C)c(O)c(C(C)(C)C)c2)O1. The summed E-state index contributed by atoms with van der Waals surface area (Å²) in [6.07, 6.45) is -3.63. The van der Waals surface area contributed by atoms with Gasteiger partial charge in [-0.2, -0.15) is 0 Å². The van der Waals surface area contributed by atoms with Crippen molar-refractivity contribution in [3.05, 3.63) is 28.8 Å². The van der Waals surface area contributed by atoms with Crippen LogP contribution in [0.1, 0.15) is 69.4 Å². The highest BCUT2D eigenvalue weighted by Crippen LogP contribution is 2.40. The first-order chi connectivity index (χ1) is 13.3. The number of methoxy groups -OCH3 is 1. The number of hydrogen-bond donors (Lipinski definition) is 3. The maximum atomic E-state index is 12.8. The van der Waals surface area contributed by atoms with E-state index in [2.05, 4.69) is 0 Å². The van der Waals surface area contributed by atoms with Gasteiger partial charge in [0.2, 0.25) is 0 Å².